The van der Waals surface area contributed by atoms with Gasteiger partial charge in [-0.2, -0.15) is 0 Å². The number of rotatable bonds is 7. The van der Waals surface area contributed by atoms with Crippen LogP contribution in [-0.2, 0) is 9.59 Å². The predicted molar refractivity (Wildman–Crippen MR) is 62.4 cm³/mol. The first-order valence-corrected chi connectivity index (χ1v) is 5.63. The van der Waals surface area contributed by atoms with Crippen molar-refractivity contribution < 1.29 is 9.59 Å². The van der Waals surface area contributed by atoms with Gasteiger partial charge in [0.25, 0.3) is 0 Å². The van der Waals surface area contributed by atoms with Gasteiger partial charge in [-0.3, -0.25) is 14.6 Å². The summed E-state index contributed by atoms with van der Waals surface area (Å²) < 4.78 is 0. The molecule has 0 radical (unpaired) electrons. The minimum atomic E-state index is -0.370. The molecule has 0 aromatic heterocycles. The van der Waals surface area contributed by atoms with Crippen LogP contribution in [0.2, 0.25) is 0 Å². The summed E-state index contributed by atoms with van der Waals surface area (Å²) >= 11 is 0. The molecule has 0 aliphatic rings. The van der Waals surface area contributed by atoms with Crippen molar-refractivity contribution in [3.05, 3.63) is 0 Å². The Hall–Kier alpha value is -0.990. The van der Waals surface area contributed by atoms with Crippen molar-refractivity contribution in [2.45, 2.75) is 59.4 Å². The SMILES string of the molecule is CCCC(=O)C(C)=NC(C)C(=O)CCC. The average Bonchev–Trinajstić information content (AvgIpc) is 2.18. The van der Waals surface area contributed by atoms with Crippen LogP contribution in [0, 0.1) is 0 Å². The summed E-state index contributed by atoms with van der Waals surface area (Å²) in [5.41, 5.74) is 0.480. The number of aliphatic imine (C=N–C) groups is 1. The lowest BCUT2D eigenvalue weighted by atomic mass is 10.1. The van der Waals surface area contributed by atoms with E-state index in [0.29, 0.717) is 18.6 Å². The van der Waals surface area contributed by atoms with Gasteiger partial charge >= 0.3 is 0 Å². The lowest BCUT2D eigenvalue weighted by Crippen LogP contribution is -2.19. The number of ketones is 2. The van der Waals surface area contributed by atoms with Gasteiger partial charge in [-0.05, 0) is 26.7 Å². The predicted octanol–water partition coefficient (Wildman–Crippen LogP) is 2.57. The van der Waals surface area contributed by atoms with Crippen molar-refractivity contribution in [2.75, 3.05) is 0 Å². The summed E-state index contributed by atoms with van der Waals surface area (Å²) in [6.45, 7) is 7.36. The Balaban J connectivity index is 4.33. The topological polar surface area (TPSA) is 46.5 Å². The molecular weight excluding hydrogens is 190 g/mol. The van der Waals surface area contributed by atoms with Crippen LogP contribution in [0.25, 0.3) is 0 Å². The molecule has 15 heavy (non-hydrogen) atoms. The van der Waals surface area contributed by atoms with E-state index in [9.17, 15) is 9.59 Å². The van der Waals surface area contributed by atoms with Crippen molar-refractivity contribution in [1.29, 1.82) is 0 Å². The van der Waals surface area contributed by atoms with Crippen molar-refractivity contribution >= 4 is 17.3 Å². The van der Waals surface area contributed by atoms with E-state index in [-0.39, 0.29) is 17.6 Å². The first-order chi connectivity index (χ1) is 7.02. The second kappa shape index (κ2) is 7.32. The monoisotopic (exact) mass is 211 g/mol. The highest BCUT2D eigenvalue weighted by Gasteiger charge is 2.12. The Morgan fingerprint density at radius 1 is 1.13 bits per heavy atom. The van der Waals surface area contributed by atoms with Gasteiger partial charge in [-0.1, -0.05) is 13.8 Å². The molecule has 0 bridgehead atoms. The molecule has 0 aromatic rings. The van der Waals surface area contributed by atoms with E-state index in [1.165, 1.54) is 0 Å². The fourth-order valence-corrected chi connectivity index (χ4v) is 1.30. The number of hydrogen-bond donors (Lipinski definition) is 0. The average molecular weight is 211 g/mol. The highest BCUT2D eigenvalue weighted by atomic mass is 16.1. The molecule has 3 heteroatoms. The molecule has 0 N–H and O–H groups in total. The van der Waals surface area contributed by atoms with Crippen LogP contribution in [0.3, 0.4) is 0 Å². The molecule has 86 valence electrons. The molecule has 0 saturated carbocycles. The minimum Gasteiger partial charge on any atom is -0.297 e. The number of carbonyl (C=O) groups is 2. The van der Waals surface area contributed by atoms with Crippen molar-refractivity contribution in [2.24, 2.45) is 4.99 Å². The first-order valence-electron chi connectivity index (χ1n) is 5.63. The summed E-state index contributed by atoms with van der Waals surface area (Å²) in [7, 11) is 0. The number of Topliss-reactive ketones (excluding diaryl/α,β-unsaturated/α-hetero) is 2. The van der Waals surface area contributed by atoms with E-state index in [0.717, 1.165) is 12.8 Å². The lowest BCUT2D eigenvalue weighted by Gasteiger charge is -2.06. The summed E-state index contributed by atoms with van der Waals surface area (Å²) in [6, 6.07) is -0.370. The van der Waals surface area contributed by atoms with Crippen LogP contribution < -0.4 is 0 Å². The third kappa shape index (κ3) is 5.45. The maximum absolute atomic E-state index is 11.4. The van der Waals surface area contributed by atoms with Crippen LogP contribution in [-0.4, -0.2) is 23.3 Å². The van der Waals surface area contributed by atoms with Gasteiger partial charge in [-0.25, -0.2) is 0 Å². The Kier molecular flexibility index (Phi) is 6.84. The fourth-order valence-electron chi connectivity index (χ4n) is 1.30. The number of hydrogen-bond acceptors (Lipinski definition) is 3. The molecule has 0 spiro atoms. The normalized spacial score (nSPS) is 13.7. The molecule has 0 rings (SSSR count). The van der Waals surface area contributed by atoms with Crippen LogP contribution >= 0.6 is 0 Å². The molecule has 0 saturated heterocycles. The van der Waals surface area contributed by atoms with Crippen LogP contribution in [0.15, 0.2) is 4.99 Å². The zero-order chi connectivity index (χ0) is 11.8. The van der Waals surface area contributed by atoms with Crippen molar-refractivity contribution in [1.82, 2.24) is 0 Å². The maximum atomic E-state index is 11.4. The maximum Gasteiger partial charge on any atom is 0.176 e. The Labute approximate surface area is 92.0 Å². The van der Waals surface area contributed by atoms with Gasteiger partial charge in [0, 0.05) is 12.8 Å². The summed E-state index contributed by atoms with van der Waals surface area (Å²) in [6.07, 6.45) is 2.72. The molecule has 0 heterocycles. The number of carbonyl (C=O) groups excluding carboxylic acids is 2. The van der Waals surface area contributed by atoms with E-state index in [1.807, 2.05) is 13.8 Å². The van der Waals surface area contributed by atoms with E-state index in [4.69, 9.17) is 0 Å². The second-order valence-corrected chi connectivity index (χ2v) is 3.78. The van der Waals surface area contributed by atoms with E-state index in [2.05, 4.69) is 4.99 Å². The van der Waals surface area contributed by atoms with E-state index >= 15 is 0 Å². The Bertz CT molecular complexity index is 256. The second-order valence-electron chi connectivity index (χ2n) is 3.78. The van der Waals surface area contributed by atoms with Gasteiger partial charge in [0.05, 0.1) is 5.71 Å². The molecular formula is C12H21NO2. The zero-order valence-corrected chi connectivity index (χ0v) is 10.2. The lowest BCUT2D eigenvalue weighted by molar-refractivity contribution is -0.119. The van der Waals surface area contributed by atoms with Crippen molar-refractivity contribution in [3.8, 4) is 0 Å². The molecule has 0 aromatic carbocycles. The van der Waals surface area contributed by atoms with Gasteiger partial charge in [0.1, 0.15) is 6.04 Å². The smallest absolute Gasteiger partial charge is 0.176 e. The first kappa shape index (κ1) is 14.0. The molecule has 3 nitrogen and oxygen atoms in total. The fraction of sp³-hybridized carbons (Fsp3) is 0.750. The minimum absolute atomic E-state index is 0.0497. The Morgan fingerprint density at radius 2 is 1.67 bits per heavy atom. The zero-order valence-electron chi connectivity index (χ0n) is 10.2. The quantitative estimate of drug-likeness (QED) is 0.607. The third-order valence-electron chi connectivity index (χ3n) is 2.23. The summed E-state index contributed by atoms with van der Waals surface area (Å²) in [5, 5.41) is 0. The molecule has 1 unspecified atom stereocenters. The molecule has 1 atom stereocenters. The van der Waals surface area contributed by atoms with Gasteiger partial charge in [0.15, 0.2) is 11.6 Å². The Morgan fingerprint density at radius 3 is 2.13 bits per heavy atom. The summed E-state index contributed by atoms with van der Waals surface area (Å²) in [4.78, 5) is 27.0. The van der Waals surface area contributed by atoms with Gasteiger partial charge < -0.3 is 0 Å². The standard InChI is InChI=1S/C12H21NO2/c1-5-7-11(14)9(3)13-10(4)12(15)8-6-2/h9H,5-8H2,1-4H3. The molecule has 0 fully saturated rings. The third-order valence-corrected chi connectivity index (χ3v) is 2.23. The summed E-state index contributed by atoms with van der Waals surface area (Å²) in [5.74, 6) is 0.162. The number of nitrogens with zero attached hydrogens (tertiary/aromatic N) is 1. The van der Waals surface area contributed by atoms with Crippen LogP contribution in [0.4, 0.5) is 0 Å². The van der Waals surface area contributed by atoms with Crippen LogP contribution in [0.1, 0.15) is 53.4 Å². The molecule has 0 amide bonds. The van der Waals surface area contributed by atoms with Crippen molar-refractivity contribution in [3.63, 3.8) is 0 Å². The van der Waals surface area contributed by atoms with Gasteiger partial charge in [0.2, 0.25) is 0 Å². The van der Waals surface area contributed by atoms with Crippen LogP contribution in [0.5, 0.6) is 0 Å². The van der Waals surface area contributed by atoms with Gasteiger partial charge in [-0.15, -0.1) is 0 Å². The highest BCUT2D eigenvalue weighted by Crippen LogP contribution is 2.01. The molecule has 0 aliphatic carbocycles. The van der Waals surface area contributed by atoms with E-state index < -0.39 is 0 Å². The van der Waals surface area contributed by atoms with E-state index in [1.54, 1.807) is 13.8 Å². The highest BCUT2D eigenvalue weighted by molar-refractivity contribution is 6.39. The molecule has 0 aliphatic heterocycles. The largest absolute Gasteiger partial charge is 0.297 e.